The fraction of sp³-hybridized carbons (Fsp3) is 0.441. The van der Waals surface area contributed by atoms with Gasteiger partial charge in [-0.1, -0.05) is 42.5 Å². The molecule has 2 atom stereocenters. The van der Waals surface area contributed by atoms with Gasteiger partial charge in [0.25, 0.3) is 5.91 Å². The number of nitrogens with one attached hydrogen (secondary N) is 2. The molecule has 1 saturated carbocycles. The minimum atomic E-state index is -4.48. The van der Waals surface area contributed by atoms with Gasteiger partial charge in [0.2, 0.25) is 0 Å². The number of amides is 2. The maximum Gasteiger partial charge on any atom is 0.416 e. The first-order valence-electron chi connectivity index (χ1n) is 15.5. The van der Waals surface area contributed by atoms with Gasteiger partial charge in [0.1, 0.15) is 11.3 Å². The number of carboxylic acid groups (broad SMARTS) is 1. The van der Waals surface area contributed by atoms with Crippen molar-refractivity contribution in [2.24, 2.45) is 0 Å². The van der Waals surface area contributed by atoms with Crippen molar-refractivity contribution < 1.29 is 42.5 Å². The van der Waals surface area contributed by atoms with Crippen LogP contribution in [-0.4, -0.2) is 68.5 Å². The first-order chi connectivity index (χ1) is 22.1. The summed E-state index contributed by atoms with van der Waals surface area (Å²) in [4.78, 5) is 40.0. The van der Waals surface area contributed by atoms with E-state index < -0.39 is 53.0 Å². The number of carboxylic acids is 1. The SMILES string of the molecule is CC(C)(C)OC(=O)N1CCn2c(C(=O)N[C@@H](Cc3ccccc3)[C@@H](O)CNC3(c4cccc(C(F)(F)F)c4)CC3)cc(C(=O)O)c2C1. The minimum Gasteiger partial charge on any atom is -0.478 e. The quantitative estimate of drug-likeness (QED) is 0.243. The highest BCUT2D eigenvalue weighted by molar-refractivity contribution is 5.98. The summed E-state index contributed by atoms with van der Waals surface area (Å²) in [7, 11) is 0. The van der Waals surface area contributed by atoms with Crippen LogP contribution in [0.2, 0.25) is 0 Å². The number of hydrogen-bond donors (Lipinski definition) is 4. The Kier molecular flexibility index (Phi) is 9.43. The predicted octanol–water partition coefficient (Wildman–Crippen LogP) is 4.94. The summed E-state index contributed by atoms with van der Waals surface area (Å²) in [6.07, 6.45) is -4.82. The first-order valence-corrected chi connectivity index (χ1v) is 15.5. The Hall–Kier alpha value is -4.36. The van der Waals surface area contributed by atoms with Crippen LogP contribution in [0.15, 0.2) is 60.7 Å². The van der Waals surface area contributed by atoms with Gasteiger partial charge in [-0.05, 0) is 69.4 Å². The number of carbonyl (C=O) groups excluding carboxylic acids is 2. The number of aliphatic hydroxyl groups excluding tert-OH is 1. The van der Waals surface area contributed by atoms with Gasteiger partial charge in [-0.3, -0.25) is 4.79 Å². The van der Waals surface area contributed by atoms with E-state index in [2.05, 4.69) is 10.6 Å². The lowest BCUT2D eigenvalue weighted by molar-refractivity contribution is -0.137. The Morgan fingerprint density at radius 1 is 1.00 bits per heavy atom. The Morgan fingerprint density at radius 2 is 1.70 bits per heavy atom. The molecule has 1 aromatic heterocycles. The van der Waals surface area contributed by atoms with Crippen LogP contribution < -0.4 is 10.6 Å². The van der Waals surface area contributed by atoms with E-state index >= 15 is 0 Å². The summed E-state index contributed by atoms with van der Waals surface area (Å²) in [5, 5.41) is 27.4. The molecule has 5 rings (SSSR count). The summed E-state index contributed by atoms with van der Waals surface area (Å²) in [6.45, 7) is 5.44. The molecule has 1 aliphatic heterocycles. The number of aromatic nitrogens is 1. The Bertz CT molecular complexity index is 1630. The highest BCUT2D eigenvalue weighted by Crippen LogP contribution is 2.46. The number of alkyl halides is 3. The summed E-state index contributed by atoms with van der Waals surface area (Å²) < 4.78 is 47.1. The summed E-state index contributed by atoms with van der Waals surface area (Å²) in [5.74, 6) is -1.86. The van der Waals surface area contributed by atoms with E-state index in [-0.39, 0.29) is 49.6 Å². The van der Waals surface area contributed by atoms with Crippen molar-refractivity contribution in [3.05, 3.63) is 94.3 Å². The van der Waals surface area contributed by atoms with Crippen molar-refractivity contribution in [1.29, 1.82) is 0 Å². The lowest BCUT2D eigenvalue weighted by Gasteiger charge is -2.32. The van der Waals surface area contributed by atoms with Crippen molar-refractivity contribution in [1.82, 2.24) is 20.1 Å². The van der Waals surface area contributed by atoms with Gasteiger partial charge < -0.3 is 35.1 Å². The maximum atomic E-state index is 13.8. The molecule has 0 radical (unpaired) electrons. The summed E-state index contributed by atoms with van der Waals surface area (Å²) >= 11 is 0. The molecule has 13 heteroatoms. The van der Waals surface area contributed by atoms with Gasteiger partial charge in [-0.2, -0.15) is 13.2 Å². The van der Waals surface area contributed by atoms with E-state index in [4.69, 9.17) is 4.74 Å². The zero-order chi connectivity index (χ0) is 34.1. The van der Waals surface area contributed by atoms with Gasteiger partial charge in [-0.25, -0.2) is 9.59 Å². The number of aromatic carboxylic acids is 1. The summed E-state index contributed by atoms with van der Waals surface area (Å²) in [6, 6.07) is 14.7. The topological polar surface area (TPSA) is 133 Å². The monoisotopic (exact) mass is 656 g/mol. The number of rotatable bonds is 10. The number of ether oxygens (including phenoxy) is 1. The van der Waals surface area contributed by atoms with E-state index in [9.17, 15) is 37.8 Å². The largest absolute Gasteiger partial charge is 0.478 e. The number of nitrogens with zero attached hydrogens (tertiary/aromatic N) is 2. The normalized spacial score (nSPS) is 17.0. The molecular weight excluding hydrogens is 617 g/mol. The van der Waals surface area contributed by atoms with Crippen LogP contribution in [0.4, 0.5) is 18.0 Å². The third kappa shape index (κ3) is 7.96. The number of carbonyl (C=O) groups is 3. The highest BCUT2D eigenvalue weighted by atomic mass is 19.4. The molecule has 47 heavy (non-hydrogen) atoms. The number of fused-ring (bicyclic) bond motifs is 1. The smallest absolute Gasteiger partial charge is 0.416 e. The average molecular weight is 657 g/mol. The molecule has 2 aliphatic rings. The fourth-order valence-electron chi connectivity index (χ4n) is 5.87. The second kappa shape index (κ2) is 13.0. The zero-order valence-corrected chi connectivity index (χ0v) is 26.4. The second-order valence-electron chi connectivity index (χ2n) is 13.1. The standard InChI is InChI=1S/C34H39F3N4O6/c1-32(2,3)47-31(46)40-14-15-41-26(18-24(30(44)45)27(41)20-40)29(43)39-25(16-21-8-5-4-6-9-21)28(42)19-38-33(12-13-33)22-10-7-11-23(17-22)34(35,36)37/h4-11,17-18,25,28,38,42H,12-16,19-20H2,1-3H3,(H,39,43)(H,44,45)/t25-,28-/m0/s1. The molecule has 2 amide bonds. The molecule has 1 fully saturated rings. The van der Waals surface area contributed by atoms with E-state index in [1.165, 1.54) is 17.0 Å². The van der Waals surface area contributed by atoms with Gasteiger partial charge >= 0.3 is 18.2 Å². The van der Waals surface area contributed by atoms with E-state index in [0.29, 0.717) is 18.4 Å². The Labute approximate surface area is 270 Å². The molecule has 10 nitrogen and oxygen atoms in total. The lowest BCUT2D eigenvalue weighted by atomic mass is 9.98. The number of aliphatic hydroxyl groups is 1. The molecular formula is C34H39F3N4O6. The van der Waals surface area contributed by atoms with E-state index in [0.717, 1.165) is 17.7 Å². The summed E-state index contributed by atoms with van der Waals surface area (Å²) in [5.41, 5.74) is -0.685. The molecule has 2 aromatic carbocycles. The maximum absolute atomic E-state index is 13.8. The molecule has 0 spiro atoms. The van der Waals surface area contributed by atoms with Crippen molar-refractivity contribution in [3.63, 3.8) is 0 Å². The van der Waals surface area contributed by atoms with Crippen LogP contribution >= 0.6 is 0 Å². The van der Waals surface area contributed by atoms with E-state index in [1.54, 1.807) is 31.4 Å². The average Bonchev–Trinajstić information content (AvgIpc) is 3.70. The fourth-order valence-corrected chi connectivity index (χ4v) is 5.87. The second-order valence-corrected chi connectivity index (χ2v) is 13.1. The van der Waals surface area contributed by atoms with Crippen LogP contribution in [0.3, 0.4) is 0 Å². The number of halogens is 3. The van der Waals surface area contributed by atoms with Gasteiger partial charge in [0, 0.05) is 25.2 Å². The first kappa shape index (κ1) is 34.0. The highest BCUT2D eigenvalue weighted by Gasteiger charge is 2.45. The molecule has 0 saturated heterocycles. The number of hydrogen-bond acceptors (Lipinski definition) is 6. The third-order valence-corrected chi connectivity index (χ3v) is 8.48. The van der Waals surface area contributed by atoms with Crippen molar-refractivity contribution in [3.8, 4) is 0 Å². The molecule has 1 aliphatic carbocycles. The van der Waals surface area contributed by atoms with Crippen LogP contribution in [0.5, 0.6) is 0 Å². The molecule has 4 N–H and O–H groups in total. The van der Waals surface area contributed by atoms with Gasteiger partial charge in [-0.15, -0.1) is 0 Å². The van der Waals surface area contributed by atoms with Crippen molar-refractivity contribution >= 4 is 18.0 Å². The third-order valence-electron chi connectivity index (χ3n) is 8.48. The number of benzene rings is 2. The zero-order valence-electron chi connectivity index (χ0n) is 26.4. The molecule has 0 bridgehead atoms. The Balaban J connectivity index is 1.35. The lowest BCUT2D eigenvalue weighted by Crippen LogP contribution is -2.50. The van der Waals surface area contributed by atoms with Crippen molar-refractivity contribution in [2.75, 3.05) is 13.1 Å². The van der Waals surface area contributed by atoms with Crippen LogP contribution in [0.25, 0.3) is 0 Å². The molecule has 252 valence electrons. The Morgan fingerprint density at radius 3 is 2.32 bits per heavy atom. The van der Waals surface area contributed by atoms with E-state index in [1.807, 2.05) is 30.3 Å². The minimum absolute atomic E-state index is 0.0223. The molecule has 2 heterocycles. The van der Waals surface area contributed by atoms with Gasteiger partial charge in [0.15, 0.2) is 0 Å². The molecule has 3 aromatic rings. The van der Waals surface area contributed by atoms with Crippen LogP contribution in [0.1, 0.15) is 76.8 Å². The van der Waals surface area contributed by atoms with Crippen molar-refractivity contribution in [2.45, 2.75) is 82.6 Å². The van der Waals surface area contributed by atoms with Crippen LogP contribution in [0, 0.1) is 0 Å². The van der Waals surface area contributed by atoms with Gasteiger partial charge in [0.05, 0.1) is 35.5 Å². The van der Waals surface area contributed by atoms with Crippen LogP contribution in [-0.2, 0) is 36.0 Å². The predicted molar refractivity (Wildman–Crippen MR) is 166 cm³/mol. The molecule has 0 unspecified atom stereocenters.